The van der Waals surface area contributed by atoms with Crippen molar-refractivity contribution >= 4 is 22.0 Å². The zero-order valence-corrected chi connectivity index (χ0v) is 18.8. The topological polar surface area (TPSA) is 92.8 Å². The molecule has 0 radical (unpaired) electrons. The van der Waals surface area contributed by atoms with E-state index in [4.69, 9.17) is 4.74 Å². The molecule has 1 aliphatic heterocycles. The van der Waals surface area contributed by atoms with E-state index in [1.165, 1.54) is 0 Å². The summed E-state index contributed by atoms with van der Waals surface area (Å²) in [6.07, 6.45) is -3.80. The first-order chi connectivity index (χ1) is 16.1. The van der Waals surface area contributed by atoms with Crippen LogP contribution in [0.15, 0.2) is 59.5 Å². The Bertz CT molecular complexity index is 1150. The van der Waals surface area contributed by atoms with Crippen LogP contribution in [0, 0.1) is 5.92 Å². The molecule has 1 atom stereocenters. The van der Waals surface area contributed by atoms with Crippen molar-refractivity contribution in [1.29, 1.82) is 0 Å². The molecule has 1 saturated carbocycles. The Balaban J connectivity index is 1.37. The molecule has 1 N–H and O–H groups in total. The van der Waals surface area contributed by atoms with Gasteiger partial charge in [0.05, 0.1) is 10.5 Å². The third-order valence-electron chi connectivity index (χ3n) is 6.19. The second-order valence-corrected chi connectivity index (χ2v) is 10.1. The van der Waals surface area contributed by atoms with Gasteiger partial charge in [0.2, 0.25) is 15.9 Å². The number of carbonyl (C=O) groups excluding carboxylic acids is 2. The summed E-state index contributed by atoms with van der Waals surface area (Å²) in [4.78, 5) is 26.3. The van der Waals surface area contributed by atoms with Gasteiger partial charge in [0.25, 0.3) is 0 Å². The molecule has 182 valence electrons. The zero-order chi connectivity index (χ0) is 24.5. The number of ether oxygens (including phenoxy) is 1. The average molecular weight is 497 g/mol. The van der Waals surface area contributed by atoms with Crippen LogP contribution in [0.1, 0.15) is 42.9 Å². The van der Waals surface area contributed by atoms with E-state index < -0.39 is 45.9 Å². The minimum atomic E-state index is -4.55. The van der Waals surface area contributed by atoms with Crippen molar-refractivity contribution < 1.29 is 35.9 Å². The van der Waals surface area contributed by atoms with E-state index in [1.807, 2.05) is 30.3 Å². The Hall–Kier alpha value is -2.92. The van der Waals surface area contributed by atoms with E-state index in [9.17, 15) is 31.2 Å². The fourth-order valence-electron chi connectivity index (χ4n) is 4.35. The lowest BCUT2D eigenvalue weighted by Gasteiger charge is -2.31. The van der Waals surface area contributed by atoms with Gasteiger partial charge in [-0.2, -0.15) is 13.2 Å². The normalized spacial score (nSPS) is 23.6. The number of alkyl halides is 3. The summed E-state index contributed by atoms with van der Waals surface area (Å²) < 4.78 is 71.0. The van der Waals surface area contributed by atoms with Crippen LogP contribution < -0.4 is 4.72 Å². The fraction of sp³-hybridized carbons (Fsp3) is 0.391. The predicted octanol–water partition coefficient (Wildman–Crippen LogP) is 4.26. The molecular formula is C23H23F3N2O5S. The average Bonchev–Trinajstić information content (AvgIpc) is 3.20. The summed E-state index contributed by atoms with van der Waals surface area (Å²) in [7, 11) is -4.02. The van der Waals surface area contributed by atoms with E-state index in [0.29, 0.717) is 25.7 Å². The van der Waals surface area contributed by atoms with Crippen LogP contribution in [0.25, 0.3) is 0 Å². The van der Waals surface area contributed by atoms with E-state index in [-0.39, 0.29) is 17.4 Å². The Morgan fingerprint density at radius 1 is 0.971 bits per heavy atom. The number of amides is 2. The van der Waals surface area contributed by atoms with Gasteiger partial charge >= 0.3 is 12.3 Å². The molecule has 4 rings (SSSR count). The largest absolute Gasteiger partial charge is 0.446 e. The Morgan fingerprint density at radius 3 is 2.18 bits per heavy atom. The lowest BCUT2D eigenvalue weighted by molar-refractivity contribution is -0.137. The highest BCUT2D eigenvalue weighted by Gasteiger charge is 2.42. The molecule has 2 aromatic carbocycles. The summed E-state index contributed by atoms with van der Waals surface area (Å²) in [6.45, 7) is 0.0802. The number of cyclic esters (lactones) is 1. The lowest BCUT2D eigenvalue weighted by Crippen LogP contribution is -2.43. The molecular weight excluding hydrogens is 473 g/mol. The van der Waals surface area contributed by atoms with Crippen LogP contribution in [0.5, 0.6) is 0 Å². The molecule has 2 aliphatic rings. The minimum absolute atomic E-state index is 0.0802. The maximum atomic E-state index is 13.1. The van der Waals surface area contributed by atoms with Crippen molar-refractivity contribution in [2.24, 2.45) is 5.92 Å². The fourth-order valence-corrected chi connectivity index (χ4v) is 5.66. The highest BCUT2D eigenvalue weighted by molar-refractivity contribution is 7.89. The Morgan fingerprint density at radius 2 is 1.59 bits per heavy atom. The highest BCUT2D eigenvalue weighted by atomic mass is 32.2. The van der Waals surface area contributed by atoms with Gasteiger partial charge in [-0.05, 0) is 55.5 Å². The summed E-state index contributed by atoms with van der Waals surface area (Å²) >= 11 is 0. The van der Waals surface area contributed by atoms with Crippen LogP contribution in [0.4, 0.5) is 18.0 Å². The molecule has 7 nitrogen and oxygen atoms in total. The van der Waals surface area contributed by atoms with Gasteiger partial charge in [-0.1, -0.05) is 30.3 Å². The van der Waals surface area contributed by atoms with Gasteiger partial charge in [-0.15, -0.1) is 0 Å². The molecule has 0 bridgehead atoms. The van der Waals surface area contributed by atoms with E-state index in [2.05, 4.69) is 4.72 Å². The summed E-state index contributed by atoms with van der Waals surface area (Å²) in [5.74, 6) is -0.802. The molecule has 2 amide bonds. The SMILES string of the molecule is O=C1OC[C@H](c2ccccc2)N1C(=O)[C@H]1CC[C@H](NS(=O)(=O)c2ccc(C(F)(F)F)cc2)CC1. The maximum absolute atomic E-state index is 13.1. The van der Waals surface area contributed by atoms with Crippen molar-refractivity contribution in [3.8, 4) is 0 Å². The number of hydrogen-bond acceptors (Lipinski definition) is 5. The maximum Gasteiger partial charge on any atom is 0.417 e. The summed E-state index contributed by atoms with van der Waals surface area (Å²) in [5.41, 5.74) is -0.139. The van der Waals surface area contributed by atoms with Gasteiger partial charge in [0.1, 0.15) is 12.6 Å². The number of benzene rings is 2. The zero-order valence-electron chi connectivity index (χ0n) is 18.0. The van der Waals surface area contributed by atoms with E-state index >= 15 is 0 Å². The van der Waals surface area contributed by atoms with Crippen LogP contribution >= 0.6 is 0 Å². The first-order valence-electron chi connectivity index (χ1n) is 10.8. The summed E-state index contributed by atoms with van der Waals surface area (Å²) in [6, 6.07) is 11.4. The second kappa shape index (κ2) is 9.38. The minimum Gasteiger partial charge on any atom is -0.446 e. The molecule has 1 heterocycles. The predicted molar refractivity (Wildman–Crippen MR) is 115 cm³/mol. The van der Waals surface area contributed by atoms with Crippen molar-refractivity contribution in [2.75, 3.05) is 6.61 Å². The molecule has 0 aromatic heterocycles. The van der Waals surface area contributed by atoms with Gasteiger partial charge in [-0.25, -0.2) is 22.8 Å². The van der Waals surface area contributed by atoms with Crippen molar-refractivity contribution in [1.82, 2.24) is 9.62 Å². The first-order valence-corrected chi connectivity index (χ1v) is 12.3. The number of imide groups is 1. The summed E-state index contributed by atoms with van der Waals surface area (Å²) in [5, 5.41) is 0. The van der Waals surface area contributed by atoms with Crippen molar-refractivity contribution in [2.45, 2.75) is 48.8 Å². The smallest absolute Gasteiger partial charge is 0.417 e. The van der Waals surface area contributed by atoms with Gasteiger partial charge < -0.3 is 4.74 Å². The molecule has 0 spiro atoms. The monoisotopic (exact) mass is 496 g/mol. The molecule has 11 heteroatoms. The van der Waals surface area contributed by atoms with Crippen LogP contribution in [-0.2, 0) is 25.7 Å². The molecule has 1 saturated heterocycles. The van der Waals surface area contributed by atoms with Crippen LogP contribution in [-0.4, -0.2) is 38.0 Å². The van der Waals surface area contributed by atoms with Gasteiger partial charge in [0.15, 0.2) is 0 Å². The number of sulfonamides is 1. The lowest BCUT2D eigenvalue weighted by atomic mass is 9.85. The highest BCUT2D eigenvalue weighted by Crippen LogP contribution is 2.34. The standard InChI is InChI=1S/C23H23F3N2O5S/c24-23(25,26)17-8-12-19(13-9-17)34(31,32)27-18-10-6-16(7-11-18)21(29)28-20(14-33-22(28)30)15-4-2-1-3-5-15/h1-5,8-9,12-13,16,18,20,27H,6-7,10-11,14H2/t16-,18-,20-/m1/s1. The molecule has 34 heavy (non-hydrogen) atoms. The number of nitrogens with zero attached hydrogens (tertiary/aromatic N) is 1. The number of hydrogen-bond donors (Lipinski definition) is 1. The van der Waals surface area contributed by atoms with Crippen molar-refractivity contribution in [3.05, 3.63) is 65.7 Å². The second-order valence-electron chi connectivity index (χ2n) is 8.40. The molecule has 1 aliphatic carbocycles. The third-order valence-corrected chi connectivity index (χ3v) is 7.72. The number of halogens is 3. The first kappa shape index (κ1) is 24.2. The number of rotatable bonds is 5. The van der Waals surface area contributed by atoms with E-state index in [0.717, 1.165) is 34.7 Å². The molecule has 2 fully saturated rings. The van der Waals surface area contributed by atoms with Crippen LogP contribution in [0.2, 0.25) is 0 Å². The molecule has 2 aromatic rings. The third kappa shape index (κ3) is 5.10. The Labute approximate surface area is 194 Å². The quantitative estimate of drug-likeness (QED) is 0.668. The number of nitrogens with one attached hydrogen (secondary N) is 1. The number of carbonyl (C=O) groups is 2. The van der Waals surface area contributed by atoms with Crippen LogP contribution in [0.3, 0.4) is 0 Å². The van der Waals surface area contributed by atoms with Gasteiger partial charge in [-0.3, -0.25) is 4.79 Å². The van der Waals surface area contributed by atoms with Crippen molar-refractivity contribution in [3.63, 3.8) is 0 Å². The molecule has 0 unspecified atom stereocenters. The Kier molecular flexibility index (Phi) is 6.68. The van der Waals surface area contributed by atoms with Gasteiger partial charge in [0, 0.05) is 12.0 Å². The van der Waals surface area contributed by atoms with E-state index in [1.54, 1.807) is 0 Å².